The molecule has 0 fully saturated rings. The highest BCUT2D eigenvalue weighted by molar-refractivity contribution is 5.90. The van der Waals surface area contributed by atoms with E-state index in [4.69, 9.17) is 4.74 Å². The summed E-state index contributed by atoms with van der Waals surface area (Å²) in [7, 11) is 3.42. The number of carbonyl (C=O) groups excluding carboxylic acids is 1. The lowest BCUT2D eigenvalue weighted by atomic mass is 10.2. The number of hydrogen-bond acceptors (Lipinski definition) is 5. The van der Waals surface area contributed by atoms with Crippen LogP contribution in [0.1, 0.15) is 16.1 Å². The number of anilines is 2. The third-order valence-corrected chi connectivity index (χ3v) is 3.44. The SMILES string of the molecule is COC(=O)c1ccc(NCCN(C)c2ccccc2)nc1C. The first-order valence-corrected chi connectivity index (χ1v) is 7.18. The minimum absolute atomic E-state index is 0.361. The minimum atomic E-state index is -0.361. The molecule has 0 saturated carbocycles. The van der Waals surface area contributed by atoms with Gasteiger partial charge in [0.2, 0.25) is 0 Å². The van der Waals surface area contributed by atoms with Gasteiger partial charge in [-0.05, 0) is 31.2 Å². The molecule has 1 aromatic carbocycles. The summed E-state index contributed by atoms with van der Waals surface area (Å²) in [4.78, 5) is 18.1. The van der Waals surface area contributed by atoms with Gasteiger partial charge in [-0.25, -0.2) is 9.78 Å². The number of methoxy groups -OCH3 is 1. The van der Waals surface area contributed by atoms with Gasteiger partial charge < -0.3 is 15.0 Å². The van der Waals surface area contributed by atoms with Gasteiger partial charge in [-0.1, -0.05) is 18.2 Å². The first-order chi connectivity index (χ1) is 10.6. The minimum Gasteiger partial charge on any atom is -0.465 e. The van der Waals surface area contributed by atoms with Crippen molar-refractivity contribution >= 4 is 17.5 Å². The Labute approximate surface area is 130 Å². The fourth-order valence-electron chi connectivity index (χ4n) is 2.15. The number of aromatic nitrogens is 1. The third kappa shape index (κ3) is 3.97. The number of nitrogens with zero attached hydrogens (tertiary/aromatic N) is 2. The van der Waals surface area contributed by atoms with Gasteiger partial charge in [-0.3, -0.25) is 0 Å². The van der Waals surface area contributed by atoms with Crippen LogP contribution in [0.4, 0.5) is 11.5 Å². The van der Waals surface area contributed by atoms with Crippen molar-refractivity contribution in [2.45, 2.75) is 6.92 Å². The van der Waals surface area contributed by atoms with Gasteiger partial charge in [-0.15, -0.1) is 0 Å². The van der Waals surface area contributed by atoms with Gasteiger partial charge in [0.25, 0.3) is 0 Å². The van der Waals surface area contributed by atoms with Gasteiger partial charge in [0.1, 0.15) is 5.82 Å². The van der Waals surface area contributed by atoms with Crippen molar-refractivity contribution in [3.63, 3.8) is 0 Å². The Morgan fingerprint density at radius 1 is 1.23 bits per heavy atom. The van der Waals surface area contributed by atoms with E-state index in [0.29, 0.717) is 11.3 Å². The molecule has 0 unspecified atom stereocenters. The normalized spacial score (nSPS) is 10.1. The van der Waals surface area contributed by atoms with Crippen molar-refractivity contribution in [3.8, 4) is 0 Å². The van der Waals surface area contributed by atoms with Crippen molar-refractivity contribution in [1.29, 1.82) is 0 Å². The Morgan fingerprint density at radius 3 is 2.59 bits per heavy atom. The number of hydrogen-bond donors (Lipinski definition) is 1. The van der Waals surface area contributed by atoms with Crippen molar-refractivity contribution in [1.82, 2.24) is 4.98 Å². The van der Waals surface area contributed by atoms with E-state index in [1.54, 1.807) is 19.1 Å². The van der Waals surface area contributed by atoms with Gasteiger partial charge in [-0.2, -0.15) is 0 Å². The Kier molecular flexibility index (Phi) is 5.36. The fourth-order valence-corrected chi connectivity index (χ4v) is 2.15. The first-order valence-electron chi connectivity index (χ1n) is 7.18. The molecular formula is C17H21N3O2. The number of pyridine rings is 1. The van der Waals surface area contributed by atoms with E-state index in [1.165, 1.54) is 12.8 Å². The monoisotopic (exact) mass is 299 g/mol. The van der Waals surface area contributed by atoms with E-state index >= 15 is 0 Å². The number of benzene rings is 1. The topological polar surface area (TPSA) is 54.5 Å². The highest BCUT2D eigenvalue weighted by Gasteiger charge is 2.10. The summed E-state index contributed by atoms with van der Waals surface area (Å²) in [5.41, 5.74) is 2.33. The molecule has 2 rings (SSSR count). The Bertz CT molecular complexity index is 629. The van der Waals surface area contributed by atoms with E-state index in [9.17, 15) is 4.79 Å². The molecule has 0 radical (unpaired) electrons. The molecule has 22 heavy (non-hydrogen) atoms. The van der Waals surface area contributed by atoms with Crippen LogP contribution in [0, 0.1) is 6.92 Å². The maximum atomic E-state index is 11.5. The van der Waals surface area contributed by atoms with E-state index in [-0.39, 0.29) is 5.97 Å². The average molecular weight is 299 g/mol. The van der Waals surface area contributed by atoms with E-state index in [0.717, 1.165) is 18.9 Å². The van der Waals surface area contributed by atoms with Crippen LogP contribution in [0.3, 0.4) is 0 Å². The second-order valence-electron chi connectivity index (χ2n) is 5.00. The van der Waals surface area contributed by atoms with E-state index in [1.807, 2.05) is 18.2 Å². The molecule has 1 N–H and O–H groups in total. The Balaban J connectivity index is 1.90. The second-order valence-corrected chi connectivity index (χ2v) is 5.00. The largest absolute Gasteiger partial charge is 0.465 e. The summed E-state index contributed by atoms with van der Waals surface area (Å²) in [5.74, 6) is 0.395. The lowest BCUT2D eigenvalue weighted by molar-refractivity contribution is 0.0599. The van der Waals surface area contributed by atoms with Crippen LogP contribution in [0.25, 0.3) is 0 Å². The summed E-state index contributed by atoms with van der Waals surface area (Å²) in [5, 5.41) is 3.27. The van der Waals surface area contributed by atoms with Crippen LogP contribution in [0.15, 0.2) is 42.5 Å². The number of rotatable bonds is 6. The zero-order valence-corrected chi connectivity index (χ0v) is 13.2. The van der Waals surface area contributed by atoms with Gasteiger partial charge in [0, 0.05) is 25.8 Å². The molecule has 0 atom stereocenters. The quantitative estimate of drug-likeness (QED) is 0.831. The van der Waals surface area contributed by atoms with Crippen LogP contribution in [-0.4, -0.2) is 38.2 Å². The molecule has 2 aromatic rings. The van der Waals surface area contributed by atoms with Gasteiger partial charge >= 0.3 is 5.97 Å². The third-order valence-electron chi connectivity index (χ3n) is 3.44. The maximum Gasteiger partial charge on any atom is 0.339 e. The number of para-hydroxylation sites is 1. The standard InChI is InChI=1S/C17H21N3O2/c1-13-15(17(21)22-3)9-10-16(19-13)18-11-12-20(2)14-7-5-4-6-8-14/h4-10H,11-12H2,1-3H3,(H,18,19). The smallest absolute Gasteiger partial charge is 0.339 e. The number of esters is 1. The number of carbonyl (C=O) groups is 1. The van der Waals surface area contributed by atoms with E-state index < -0.39 is 0 Å². The number of likely N-dealkylation sites (N-methyl/N-ethyl adjacent to an activating group) is 1. The molecule has 1 aromatic heterocycles. The van der Waals surface area contributed by atoms with Crippen molar-refractivity contribution in [3.05, 3.63) is 53.7 Å². The lowest BCUT2D eigenvalue weighted by Crippen LogP contribution is -2.25. The summed E-state index contributed by atoms with van der Waals surface area (Å²) in [6, 6.07) is 13.7. The summed E-state index contributed by atoms with van der Waals surface area (Å²) < 4.78 is 4.71. The first kappa shape index (κ1) is 15.8. The Morgan fingerprint density at radius 2 is 1.95 bits per heavy atom. The van der Waals surface area contributed by atoms with Crippen LogP contribution < -0.4 is 10.2 Å². The van der Waals surface area contributed by atoms with Crippen LogP contribution in [-0.2, 0) is 4.74 Å². The molecule has 0 saturated heterocycles. The molecule has 0 amide bonds. The zero-order valence-electron chi connectivity index (χ0n) is 13.2. The van der Waals surface area contributed by atoms with Crippen LogP contribution in [0.2, 0.25) is 0 Å². The predicted octanol–water partition coefficient (Wildman–Crippen LogP) is 2.72. The average Bonchev–Trinajstić information content (AvgIpc) is 2.55. The van der Waals surface area contributed by atoms with Crippen molar-refractivity contribution in [2.75, 3.05) is 37.5 Å². The number of nitrogens with one attached hydrogen (secondary N) is 1. The molecule has 0 aliphatic carbocycles. The zero-order chi connectivity index (χ0) is 15.9. The Hall–Kier alpha value is -2.56. The highest BCUT2D eigenvalue weighted by Crippen LogP contribution is 2.13. The van der Waals surface area contributed by atoms with Gasteiger partial charge in [0.05, 0.1) is 18.4 Å². The second kappa shape index (κ2) is 7.45. The molecule has 0 aliphatic rings. The summed E-state index contributed by atoms with van der Waals surface area (Å²) >= 11 is 0. The van der Waals surface area contributed by atoms with Crippen molar-refractivity contribution < 1.29 is 9.53 Å². The number of ether oxygens (including phenoxy) is 1. The van der Waals surface area contributed by atoms with Crippen LogP contribution >= 0.6 is 0 Å². The molecule has 5 heteroatoms. The van der Waals surface area contributed by atoms with Crippen LogP contribution in [0.5, 0.6) is 0 Å². The highest BCUT2D eigenvalue weighted by atomic mass is 16.5. The lowest BCUT2D eigenvalue weighted by Gasteiger charge is -2.19. The molecular weight excluding hydrogens is 278 g/mol. The van der Waals surface area contributed by atoms with Crippen molar-refractivity contribution in [2.24, 2.45) is 0 Å². The van der Waals surface area contributed by atoms with E-state index in [2.05, 4.69) is 34.4 Å². The molecule has 1 heterocycles. The molecule has 0 bridgehead atoms. The fraction of sp³-hybridized carbons (Fsp3) is 0.294. The number of aryl methyl sites for hydroxylation is 1. The summed E-state index contributed by atoms with van der Waals surface area (Å²) in [6.45, 7) is 3.41. The predicted molar refractivity (Wildman–Crippen MR) is 88.5 cm³/mol. The maximum absolute atomic E-state index is 11.5. The molecule has 0 spiro atoms. The summed E-state index contributed by atoms with van der Waals surface area (Å²) in [6.07, 6.45) is 0. The van der Waals surface area contributed by atoms with Gasteiger partial charge in [0.15, 0.2) is 0 Å². The molecule has 0 aliphatic heterocycles. The molecule has 116 valence electrons. The molecule has 5 nitrogen and oxygen atoms in total.